The molecule has 0 radical (unpaired) electrons. The molecule has 0 aromatic heterocycles. The quantitative estimate of drug-likeness (QED) is 0.254. The molecule has 33 heavy (non-hydrogen) atoms. The van der Waals surface area contributed by atoms with Crippen molar-refractivity contribution in [3.63, 3.8) is 0 Å². The second-order valence-electron chi connectivity index (χ2n) is 7.34. The average Bonchev–Trinajstić information content (AvgIpc) is 3.05. The first-order valence-electron chi connectivity index (χ1n) is 10.4. The van der Waals surface area contributed by atoms with Crippen molar-refractivity contribution < 1.29 is 24.2 Å². The first kappa shape index (κ1) is 25.1. The second-order valence-corrected chi connectivity index (χ2v) is 9.45. The van der Waals surface area contributed by atoms with E-state index < -0.39 is 5.97 Å². The SMILES string of the molecule is COc1cc(/C=C2\SC(=S)N(CCCCCC(=O)[O-])C2=O)ccc1OCc1ccc(Cl)cc1. The lowest BCUT2D eigenvalue weighted by atomic mass is 10.1. The molecule has 1 aliphatic heterocycles. The van der Waals surface area contributed by atoms with Gasteiger partial charge in [0.25, 0.3) is 5.91 Å². The fourth-order valence-corrected chi connectivity index (χ4v) is 4.63. The standard InChI is InChI=1S/C24H24ClNO5S2/c1-30-20-13-17(8-11-19(20)31-15-16-6-9-18(25)10-7-16)14-21-23(29)26(24(32)33-21)12-4-2-3-5-22(27)28/h6-11,13-14H,2-5,12,15H2,1H3,(H,27,28)/p-1/b21-14-. The van der Waals surface area contributed by atoms with Crippen LogP contribution in [-0.4, -0.2) is 34.8 Å². The maximum atomic E-state index is 12.8. The number of carbonyl (C=O) groups is 2. The lowest BCUT2D eigenvalue weighted by molar-refractivity contribution is -0.305. The Bertz CT molecular complexity index is 1060. The number of aliphatic carboxylic acids is 1. The monoisotopic (exact) mass is 504 g/mol. The van der Waals surface area contributed by atoms with Gasteiger partial charge >= 0.3 is 0 Å². The molecular weight excluding hydrogens is 482 g/mol. The van der Waals surface area contributed by atoms with Crippen molar-refractivity contribution in [2.75, 3.05) is 13.7 Å². The number of carboxylic acid groups (broad SMARTS) is 1. The van der Waals surface area contributed by atoms with Crippen LogP contribution in [0.1, 0.15) is 36.8 Å². The van der Waals surface area contributed by atoms with Gasteiger partial charge in [-0.1, -0.05) is 60.2 Å². The Kier molecular flexibility index (Phi) is 9.17. The van der Waals surface area contributed by atoms with Crippen LogP contribution in [0.15, 0.2) is 47.4 Å². The third kappa shape index (κ3) is 7.22. The van der Waals surface area contributed by atoms with Crippen molar-refractivity contribution in [2.45, 2.75) is 32.3 Å². The van der Waals surface area contributed by atoms with Crippen LogP contribution in [0.25, 0.3) is 6.08 Å². The zero-order valence-electron chi connectivity index (χ0n) is 18.0. The normalized spacial score (nSPS) is 14.7. The Hall–Kier alpha value is -2.55. The van der Waals surface area contributed by atoms with Crippen LogP contribution < -0.4 is 14.6 Å². The lowest BCUT2D eigenvalue weighted by Gasteiger charge is -2.14. The molecule has 0 aliphatic carbocycles. The summed E-state index contributed by atoms with van der Waals surface area (Å²) in [5, 5.41) is 11.2. The van der Waals surface area contributed by atoms with Gasteiger partial charge in [-0.05, 0) is 60.7 Å². The number of ether oxygens (including phenoxy) is 2. The Labute approximate surface area is 207 Å². The number of thiocarbonyl (C=S) groups is 1. The number of thioether (sulfide) groups is 1. The summed E-state index contributed by atoms with van der Waals surface area (Å²) in [5.41, 5.74) is 1.77. The summed E-state index contributed by atoms with van der Waals surface area (Å²) in [6.45, 7) is 0.838. The van der Waals surface area contributed by atoms with Crippen molar-refractivity contribution in [1.82, 2.24) is 4.90 Å². The number of benzene rings is 2. The smallest absolute Gasteiger partial charge is 0.266 e. The van der Waals surface area contributed by atoms with Gasteiger partial charge in [0.05, 0.1) is 12.0 Å². The number of rotatable bonds is 11. The van der Waals surface area contributed by atoms with E-state index in [4.69, 9.17) is 33.3 Å². The molecule has 1 heterocycles. The van der Waals surface area contributed by atoms with Crippen molar-refractivity contribution >= 4 is 57.9 Å². The molecule has 0 N–H and O–H groups in total. The molecule has 174 valence electrons. The second kappa shape index (κ2) is 12.1. The molecule has 1 fully saturated rings. The van der Waals surface area contributed by atoms with Gasteiger partial charge in [-0.3, -0.25) is 9.69 Å². The zero-order chi connectivity index (χ0) is 23.8. The maximum absolute atomic E-state index is 12.8. The Morgan fingerprint density at radius 1 is 1.15 bits per heavy atom. The van der Waals surface area contributed by atoms with Crippen molar-refractivity contribution in [2.24, 2.45) is 0 Å². The summed E-state index contributed by atoms with van der Waals surface area (Å²) >= 11 is 12.5. The molecular formula is C24H23ClNO5S2-. The molecule has 0 bridgehead atoms. The summed E-state index contributed by atoms with van der Waals surface area (Å²) in [6.07, 6.45) is 3.71. The fourth-order valence-electron chi connectivity index (χ4n) is 3.20. The van der Waals surface area contributed by atoms with Gasteiger partial charge in [0.15, 0.2) is 11.5 Å². The number of hydrogen-bond donors (Lipinski definition) is 0. The van der Waals surface area contributed by atoms with E-state index in [0.29, 0.717) is 58.2 Å². The van der Waals surface area contributed by atoms with Gasteiger partial charge in [-0.2, -0.15) is 0 Å². The van der Waals surface area contributed by atoms with E-state index in [1.165, 1.54) is 11.8 Å². The third-order valence-electron chi connectivity index (χ3n) is 4.93. The van der Waals surface area contributed by atoms with Gasteiger partial charge in [0.2, 0.25) is 0 Å². The van der Waals surface area contributed by atoms with Crippen LogP contribution in [0.3, 0.4) is 0 Å². The van der Waals surface area contributed by atoms with E-state index in [2.05, 4.69) is 0 Å². The summed E-state index contributed by atoms with van der Waals surface area (Å²) in [6, 6.07) is 12.9. The van der Waals surface area contributed by atoms with Gasteiger partial charge < -0.3 is 19.4 Å². The maximum Gasteiger partial charge on any atom is 0.266 e. The molecule has 0 unspecified atom stereocenters. The number of carboxylic acids is 1. The molecule has 3 rings (SSSR count). The van der Waals surface area contributed by atoms with E-state index in [9.17, 15) is 14.7 Å². The molecule has 1 saturated heterocycles. The van der Waals surface area contributed by atoms with Crippen LogP contribution in [-0.2, 0) is 16.2 Å². The van der Waals surface area contributed by atoms with E-state index in [0.717, 1.165) is 11.1 Å². The Morgan fingerprint density at radius 3 is 2.61 bits per heavy atom. The van der Waals surface area contributed by atoms with Crippen molar-refractivity contribution in [3.05, 3.63) is 63.5 Å². The largest absolute Gasteiger partial charge is 0.550 e. The van der Waals surface area contributed by atoms with Crippen molar-refractivity contribution in [1.29, 1.82) is 0 Å². The molecule has 0 atom stereocenters. The van der Waals surface area contributed by atoms with Crippen LogP contribution >= 0.6 is 35.6 Å². The molecule has 0 spiro atoms. The van der Waals surface area contributed by atoms with Crippen molar-refractivity contribution in [3.8, 4) is 11.5 Å². The summed E-state index contributed by atoms with van der Waals surface area (Å²) in [5.74, 6) is -0.0536. The minimum absolute atomic E-state index is 0.0273. The fraction of sp³-hybridized carbons (Fsp3) is 0.292. The molecule has 1 aliphatic rings. The highest BCUT2D eigenvalue weighted by Gasteiger charge is 2.31. The number of unbranched alkanes of at least 4 members (excludes halogenated alkanes) is 2. The van der Waals surface area contributed by atoms with Gasteiger partial charge in [-0.25, -0.2) is 0 Å². The highest BCUT2D eigenvalue weighted by molar-refractivity contribution is 8.26. The molecule has 2 aromatic rings. The molecule has 0 saturated carbocycles. The van der Waals surface area contributed by atoms with E-state index in [1.807, 2.05) is 36.4 Å². The highest BCUT2D eigenvalue weighted by Crippen LogP contribution is 2.35. The number of nitrogens with zero attached hydrogens (tertiary/aromatic N) is 1. The summed E-state index contributed by atoms with van der Waals surface area (Å²) in [7, 11) is 1.56. The third-order valence-corrected chi connectivity index (χ3v) is 6.56. The minimum atomic E-state index is -1.06. The van der Waals surface area contributed by atoms with Gasteiger partial charge in [-0.15, -0.1) is 0 Å². The van der Waals surface area contributed by atoms with E-state index >= 15 is 0 Å². The van der Waals surface area contributed by atoms with E-state index in [1.54, 1.807) is 24.2 Å². The topological polar surface area (TPSA) is 78.9 Å². The zero-order valence-corrected chi connectivity index (χ0v) is 20.4. The number of carbonyl (C=O) groups excluding carboxylic acids is 2. The predicted octanol–water partition coefficient (Wildman–Crippen LogP) is 4.44. The Morgan fingerprint density at radius 2 is 1.91 bits per heavy atom. The predicted molar refractivity (Wildman–Crippen MR) is 132 cm³/mol. The first-order valence-corrected chi connectivity index (χ1v) is 12.0. The van der Waals surface area contributed by atoms with Crippen LogP contribution in [0.4, 0.5) is 0 Å². The average molecular weight is 505 g/mol. The van der Waals surface area contributed by atoms with Crippen LogP contribution in [0.5, 0.6) is 11.5 Å². The Balaban J connectivity index is 1.62. The van der Waals surface area contributed by atoms with Crippen LogP contribution in [0.2, 0.25) is 5.02 Å². The molecule has 9 heteroatoms. The minimum Gasteiger partial charge on any atom is -0.550 e. The first-order chi connectivity index (χ1) is 15.9. The lowest BCUT2D eigenvalue weighted by Crippen LogP contribution is -2.29. The van der Waals surface area contributed by atoms with E-state index in [-0.39, 0.29) is 12.3 Å². The van der Waals surface area contributed by atoms with Gasteiger partial charge in [0.1, 0.15) is 10.9 Å². The van der Waals surface area contributed by atoms with Gasteiger partial charge in [0, 0.05) is 17.5 Å². The number of amides is 1. The molecule has 1 amide bonds. The number of hydrogen-bond acceptors (Lipinski definition) is 7. The van der Waals surface area contributed by atoms with Crippen LogP contribution in [0, 0.1) is 0 Å². The molecule has 2 aromatic carbocycles. The summed E-state index contributed by atoms with van der Waals surface area (Å²) < 4.78 is 11.9. The number of methoxy groups -OCH3 is 1. The molecule has 6 nitrogen and oxygen atoms in total. The highest BCUT2D eigenvalue weighted by atomic mass is 35.5. The number of halogens is 1. The summed E-state index contributed by atoms with van der Waals surface area (Å²) in [4.78, 5) is 25.4.